The average Bonchev–Trinajstić information content (AvgIpc) is 3.24. The summed E-state index contributed by atoms with van der Waals surface area (Å²) < 4.78 is 7.55. The second-order valence-electron chi connectivity index (χ2n) is 8.62. The first-order valence-corrected chi connectivity index (χ1v) is 12.2. The highest BCUT2D eigenvalue weighted by Crippen LogP contribution is 2.36. The Morgan fingerprint density at radius 1 is 1.18 bits per heavy atom. The summed E-state index contributed by atoms with van der Waals surface area (Å²) in [5, 5.41) is 0.869. The van der Waals surface area contributed by atoms with Crippen molar-refractivity contribution in [2.24, 2.45) is 12.8 Å². The van der Waals surface area contributed by atoms with Crippen molar-refractivity contribution >= 4 is 45.4 Å². The maximum atomic E-state index is 13.1. The van der Waals surface area contributed by atoms with Crippen molar-refractivity contribution in [1.29, 1.82) is 0 Å². The summed E-state index contributed by atoms with van der Waals surface area (Å²) in [5.74, 6) is 0.243. The van der Waals surface area contributed by atoms with E-state index in [1.165, 1.54) is 4.57 Å². The number of nitrogens with two attached hydrogens (primary N) is 1. The summed E-state index contributed by atoms with van der Waals surface area (Å²) in [5.41, 5.74) is 9.67. The van der Waals surface area contributed by atoms with Crippen LogP contribution in [0.25, 0.3) is 22.0 Å². The fourth-order valence-electron chi connectivity index (χ4n) is 4.77. The first-order valence-electron chi connectivity index (χ1n) is 11.0. The summed E-state index contributed by atoms with van der Waals surface area (Å²) >= 11 is 1.62. The fourth-order valence-corrected chi connectivity index (χ4v) is 5.21. The maximum absolute atomic E-state index is 13.1. The van der Waals surface area contributed by atoms with Crippen molar-refractivity contribution in [3.8, 4) is 0 Å². The van der Waals surface area contributed by atoms with Crippen LogP contribution in [-0.4, -0.2) is 34.8 Å². The van der Waals surface area contributed by atoms with Crippen molar-refractivity contribution in [3.05, 3.63) is 63.8 Å². The Labute approximate surface area is 195 Å². The number of aromatic nitrogens is 2. The second-order valence-corrected chi connectivity index (χ2v) is 9.50. The summed E-state index contributed by atoms with van der Waals surface area (Å²) in [4.78, 5) is 33.4. The van der Waals surface area contributed by atoms with E-state index in [2.05, 4.69) is 4.90 Å². The third-order valence-corrected chi connectivity index (χ3v) is 7.27. The molecule has 2 N–H and O–H groups in total. The molecule has 0 spiro atoms. The molecule has 0 atom stereocenters. The van der Waals surface area contributed by atoms with Crippen molar-refractivity contribution in [2.45, 2.75) is 30.6 Å². The molecule has 8 heteroatoms. The third kappa shape index (κ3) is 3.68. The van der Waals surface area contributed by atoms with Crippen molar-refractivity contribution in [1.82, 2.24) is 9.55 Å². The Morgan fingerprint density at radius 3 is 2.64 bits per heavy atom. The minimum atomic E-state index is -0.696. The molecule has 2 aromatic carbocycles. The maximum Gasteiger partial charge on any atom is 0.265 e. The van der Waals surface area contributed by atoms with E-state index >= 15 is 0 Å². The molecule has 0 aliphatic carbocycles. The second kappa shape index (κ2) is 8.26. The van der Waals surface area contributed by atoms with Gasteiger partial charge in [-0.1, -0.05) is 6.07 Å². The molecular formula is C25H26N4O3S. The van der Waals surface area contributed by atoms with Crippen LogP contribution < -0.4 is 16.2 Å². The molecule has 1 amide bonds. The van der Waals surface area contributed by atoms with Crippen molar-refractivity contribution in [2.75, 3.05) is 24.2 Å². The number of thioether (sulfide) groups is 1. The number of primary amides is 1. The predicted molar refractivity (Wildman–Crippen MR) is 132 cm³/mol. The van der Waals surface area contributed by atoms with Gasteiger partial charge in [-0.25, -0.2) is 4.98 Å². The molecule has 0 radical (unpaired) electrons. The summed E-state index contributed by atoms with van der Waals surface area (Å²) in [6, 6.07) is 12.0. The number of rotatable bonds is 4. The van der Waals surface area contributed by atoms with E-state index in [-0.39, 0.29) is 17.0 Å². The largest absolute Gasteiger partial charge is 0.440 e. The van der Waals surface area contributed by atoms with Gasteiger partial charge in [0.05, 0.1) is 11.2 Å². The zero-order valence-electron chi connectivity index (χ0n) is 18.9. The number of benzene rings is 2. The van der Waals surface area contributed by atoms with Gasteiger partial charge >= 0.3 is 0 Å². The van der Waals surface area contributed by atoms with Gasteiger partial charge in [0.2, 0.25) is 0 Å². The molecule has 170 valence electrons. The van der Waals surface area contributed by atoms with Gasteiger partial charge in [-0.15, -0.1) is 11.8 Å². The van der Waals surface area contributed by atoms with Gasteiger partial charge in [0, 0.05) is 36.3 Å². The topological polar surface area (TPSA) is 94.4 Å². The standard InChI is InChI=1S/C25H26N4O3S/c1-14-4-7-20-18(12-14)27-24(32-20)15-8-10-29(11-9-15)22-17-13-16(33-3)5-6-19(17)28(2)25(31)21(22)23(26)30/h4-7,12-13,15H,8-11H2,1-3H3,(H2,26,30). The Balaban J connectivity index is 1.53. The fraction of sp³-hybridized carbons (Fsp3) is 0.320. The molecule has 0 unspecified atom stereocenters. The van der Waals surface area contributed by atoms with E-state index in [9.17, 15) is 9.59 Å². The van der Waals surface area contributed by atoms with E-state index in [1.807, 2.05) is 49.6 Å². The zero-order chi connectivity index (χ0) is 23.3. The first kappa shape index (κ1) is 21.6. The number of aryl methyl sites for hydroxylation is 2. The number of piperidine rings is 1. The van der Waals surface area contributed by atoms with Gasteiger partial charge in [0.1, 0.15) is 11.1 Å². The highest BCUT2D eigenvalue weighted by Gasteiger charge is 2.29. The molecule has 1 aliphatic rings. The minimum absolute atomic E-state index is 0.0547. The van der Waals surface area contributed by atoms with Crippen molar-refractivity contribution in [3.63, 3.8) is 0 Å². The number of carbonyl (C=O) groups is 1. The van der Waals surface area contributed by atoms with Crippen LogP contribution in [0.15, 0.2) is 50.5 Å². The van der Waals surface area contributed by atoms with E-state index in [1.54, 1.807) is 18.8 Å². The van der Waals surface area contributed by atoms with Crippen molar-refractivity contribution < 1.29 is 9.21 Å². The molecule has 7 nitrogen and oxygen atoms in total. The summed E-state index contributed by atoms with van der Waals surface area (Å²) in [6.45, 7) is 3.39. The Morgan fingerprint density at radius 2 is 1.94 bits per heavy atom. The van der Waals surface area contributed by atoms with Crippen LogP contribution in [0.5, 0.6) is 0 Å². The molecule has 1 saturated heterocycles. The Kier molecular flexibility index (Phi) is 5.40. The van der Waals surface area contributed by atoms with Gasteiger partial charge in [0.15, 0.2) is 11.5 Å². The van der Waals surface area contributed by atoms with E-state index < -0.39 is 5.91 Å². The molecule has 33 heavy (non-hydrogen) atoms. The normalized spacial score (nSPS) is 14.9. The van der Waals surface area contributed by atoms with Crippen LogP contribution in [0, 0.1) is 6.92 Å². The van der Waals surface area contributed by atoms with Gasteiger partial charge < -0.3 is 19.6 Å². The third-order valence-electron chi connectivity index (χ3n) is 6.54. The molecule has 4 aromatic rings. The number of carbonyl (C=O) groups excluding carboxylic acids is 1. The number of pyridine rings is 1. The number of hydrogen-bond acceptors (Lipinski definition) is 6. The smallest absolute Gasteiger partial charge is 0.265 e. The van der Waals surface area contributed by atoms with Crippen LogP contribution >= 0.6 is 11.8 Å². The Hall–Kier alpha value is -3.26. The first-order chi connectivity index (χ1) is 15.9. The average molecular weight is 463 g/mol. The molecule has 1 fully saturated rings. The molecule has 2 aromatic heterocycles. The van der Waals surface area contributed by atoms with Gasteiger partial charge in [-0.2, -0.15) is 0 Å². The lowest BCUT2D eigenvalue weighted by Crippen LogP contribution is -2.38. The lowest BCUT2D eigenvalue weighted by Gasteiger charge is -2.34. The monoisotopic (exact) mass is 462 g/mol. The van der Waals surface area contributed by atoms with Crippen LogP contribution in [0.4, 0.5) is 5.69 Å². The molecule has 0 bridgehead atoms. The quantitative estimate of drug-likeness (QED) is 0.457. The van der Waals surface area contributed by atoms with E-state index in [0.717, 1.165) is 51.2 Å². The molecule has 0 saturated carbocycles. The van der Waals surface area contributed by atoms with Gasteiger partial charge in [-0.3, -0.25) is 9.59 Å². The SMILES string of the molecule is CSc1ccc2c(c1)c(N1CCC(c3nc4cc(C)ccc4o3)CC1)c(C(N)=O)c(=O)n2C. The highest BCUT2D eigenvalue weighted by atomic mass is 32.2. The molecule has 5 rings (SSSR count). The van der Waals surface area contributed by atoms with Crippen LogP contribution in [-0.2, 0) is 7.05 Å². The summed E-state index contributed by atoms with van der Waals surface area (Å²) in [7, 11) is 1.68. The predicted octanol–water partition coefficient (Wildman–Crippen LogP) is 4.19. The number of nitrogens with zero attached hydrogens (tertiary/aromatic N) is 3. The van der Waals surface area contributed by atoms with Crippen LogP contribution in [0.2, 0.25) is 0 Å². The number of amides is 1. The Bertz CT molecular complexity index is 1450. The lowest BCUT2D eigenvalue weighted by atomic mass is 9.95. The van der Waals surface area contributed by atoms with Crippen LogP contribution in [0.3, 0.4) is 0 Å². The van der Waals surface area contributed by atoms with Gasteiger partial charge in [0.25, 0.3) is 11.5 Å². The van der Waals surface area contributed by atoms with Gasteiger partial charge in [-0.05, 0) is 61.9 Å². The molecule has 1 aliphatic heterocycles. The number of fused-ring (bicyclic) bond motifs is 2. The summed E-state index contributed by atoms with van der Waals surface area (Å²) in [6.07, 6.45) is 3.62. The minimum Gasteiger partial charge on any atom is -0.440 e. The number of anilines is 1. The van der Waals surface area contributed by atoms with Crippen LogP contribution in [0.1, 0.15) is 40.6 Å². The lowest BCUT2D eigenvalue weighted by molar-refractivity contribution is 0.0999. The number of oxazole rings is 1. The van der Waals surface area contributed by atoms with E-state index in [4.69, 9.17) is 15.1 Å². The zero-order valence-corrected chi connectivity index (χ0v) is 19.7. The van der Waals surface area contributed by atoms with E-state index in [0.29, 0.717) is 18.8 Å². The molecule has 3 heterocycles. The molecular weight excluding hydrogens is 436 g/mol. The highest BCUT2D eigenvalue weighted by molar-refractivity contribution is 7.98. The number of hydrogen-bond donors (Lipinski definition) is 1.